The molecule has 0 saturated heterocycles. The molecule has 60 valence electrons. The van der Waals surface area contributed by atoms with Crippen molar-refractivity contribution in [1.82, 2.24) is 0 Å². The highest BCUT2D eigenvalue weighted by atomic mass is 16.4. The highest BCUT2D eigenvalue weighted by Gasteiger charge is 2.56. The SMILES string of the molecule is O=C(O)C1CC2(CCC2=O)C1. The van der Waals surface area contributed by atoms with Crippen LogP contribution < -0.4 is 0 Å². The maximum atomic E-state index is 11.0. The molecule has 1 N–H and O–H groups in total. The van der Waals surface area contributed by atoms with Gasteiger partial charge in [0.25, 0.3) is 0 Å². The molecular formula is C8H10O3. The second kappa shape index (κ2) is 1.84. The fourth-order valence-electron chi connectivity index (χ4n) is 2.07. The van der Waals surface area contributed by atoms with E-state index in [9.17, 15) is 9.59 Å². The van der Waals surface area contributed by atoms with Crippen molar-refractivity contribution in [2.75, 3.05) is 0 Å². The van der Waals surface area contributed by atoms with E-state index in [4.69, 9.17) is 5.11 Å². The van der Waals surface area contributed by atoms with Gasteiger partial charge >= 0.3 is 5.97 Å². The Bertz CT molecular complexity index is 225. The Kier molecular flexibility index (Phi) is 1.14. The van der Waals surface area contributed by atoms with Crippen LogP contribution in [0.15, 0.2) is 0 Å². The minimum absolute atomic E-state index is 0.164. The summed E-state index contributed by atoms with van der Waals surface area (Å²) in [6.07, 6.45) is 2.80. The summed E-state index contributed by atoms with van der Waals surface area (Å²) in [4.78, 5) is 21.4. The first-order valence-electron chi connectivity index (χ1n) is 3.90. The van der Waals surface area contributed by atoms with E-state index in [2.05, 4.69) is 0 Å². The van der Waals surface area contributed by atoms with Crippen LogP contribution in [0.5, 0.6) is 0 Å². The summed E-state index contributed by atoms with van der Waals surface area (Å²) in [7, 11) is 0. The molecule has 0 aromatic rings. The van der Waals surface area contributed by atoms with Crippen molar-refractivity contribution in [3.63, 3.8) is 0 Å². The van der Waals surface area contributed by atoms with Crippen molar-refractivity contribution >= 4 is 11.8 Å². The molecule has 2 aliphatic carbocycles. The molecule has 2 rings (SSSR count). The predicted octanol–water partition coefficient (Wildman–Crippen LogP) is 0.830. The summed E-state index contributed by atoms with van der Waals surface area (Å²) in [5.41, 5.74) is -0.164. The Labute approximate surface area is 64.4 Å². The number of carboxylic acid groups (broad SMARTS) is 1. The first-order chi connectivity index (χ1) is 5.14. The van der Waals surface area contributed by atoms with Crippen molar-refractivity contribution in [2.45, 2.75) is 25.7 Å². The Morgan fingerprint density at radius 1 is 1.55 bits per heavy atom. The molecule has 0 aliphatic heterocycles. The van der Waals surface area contributed by atoms with Crippen LogP contribution in [0.3, 0.4) is 0 Å². The van der Waals surface area contributed by atoms with Gasteiger partial charge in [0.2, 0.25) is 0 Å². The molecule has 0 radical (unpaired) electrons. The number of carbonyl (C=O) groups is 2. The van der Waals surface area contributed by atoms with Crippen molar-refractivity contribution < 1.29 is 14.7 Å². The van der Waals surface area contributed by atoms with Gasteiger partial charge in [-0.2, -0.15) is 0 Å². The largest absolute Gasteiger partial charge is 0.481 e. The zero-order chi connectivity index (χ0) is 8.06. The number of hydrogen-bond donors (Lipinski definition) is 1. The van der Waals surface area contributed by atoms with E-state index < -0.39 is 5.97 Å². The molecule has 0 bridgehead atoms. The monoisotopic (exact) mass is 154 g/mol. The third-order valence-corrected chi connectivity index (χ3v) is 3.05. The van der Waals surface area contributed by atoms with E-state index in [0.717, 1.165) is 6.42 Å². The number of carboxylic acids is 1. The van der Waals surface area contributed by atoms with Crippen molar-refractivity contribution in [3.8, 4) is 0 Å². The molecule has 0 aromatic heterocycles. The summed E-state index contributed by atoms with van der Waals surface area (Å²) in [6, 6.07) is 0. The first kappa shape index (κ1) is 6.83. The van der Waals surface area contributed by atoms with E-state index in [1.807, 2.05) is 0 Å². The van der Waals surface area contributed by atoms with E-state index in [1.54, 1.807) is 0 Å². The smallest absolute Gasteiger partial charge is 0.306 e. The fraction of sp³-hybridized carbons (Fsp3) is 0.750. The van der Waals surface area contributed by atoms with Gasteiger partial charge in [-0.05, 0) is 19.3 Å². The van der Waals surface area contributed by atoms with Gasteiger partial charge in [0.1, 0.15) is 5.78 Å². The number of carbonyl (C=O) groups excluding carboxylic acids is 1. The Morgan fingerprint density at radius 3 is 2.45 bits per heavy atom. The third kappa shape index (κ3) is 0.737. The van der Waals surface area contributed by atoms with Gasteiger partial charge in [-0.3, -0.25) is 9.59 Å². The van der Waals surface area contributed by atoms with Crippen LogP contribution in [0.2, 0.25) is 0 Å². The van der Waals surface area contributed by atoms with Crippen LogP contribution in [0.25, 0.3) is 0 Å². The van der Waals surface area contributed by atoms with E-state index in [1.165, 1.54) is 0 Å². The molecule has 3 nitrogen and oxygen atoms in total. The second-order valence-electron chi connectivity index (χ2n) is 3.65. The molecule has 3 heteroatoms. The normalized spacial score (nSPS) is 41.5. The number of rotatable bonds is 1. The quantitative estimate of drug-likeness (QED) is 0.608. The number of ketones is 1. The second-order valence-corrected chi connectivity index (χ2v) is 3.65. The molecule has 2 saturated carbocycles. The van der Waals surface area contributed by atoms with Gasteiger partial charge < -0.3 is 5.11 Å². The van der Waals surface area contributed by atoms with E-state index in [0.29, 0.717) is 19.3 Å². The third-order valence-electron chi connectivity index (χ3n) is 3.05. The van der Waals surface area contributed by atoms with Crippen LogP contribution in [-0.2, 0) is 9.59 Å². The van der Waals surface area contributed by atoms with Crippen LogP contribution in [0.4, 0.5) is 0 Å². The van der Waals surface area contributed by atoms with Gasteiger partial charge in [-0.1, -0.05) is 0 Å². The van der Waals surface area contributed by atoms with Crippen LogP contribution in [0, 0.1) is 11.3 Å². The topological polar surface area (TPSA) is 54.4 Å². The molecular weight excluding hydrogens is 144 g/mol. The maximum absolute atomic E-state index is 11.0. The maximum Gasteiger partial charge on any atom is 0.306 e. The molecule has 0 amide bonds. The number of hydrogen-bond acceptors (Lipinski definition) is 2. The molecule has 11 heavy (non-hydrogen) atoms. The van der Waals surface area contributed by atoms with Crippen molar-refractivity contribution in [1.29, 1.82) is 0 Å². The van der Waals surface area contributed by atoms with Gasteiger partial charge in [-0.25, -0.2) is 0 Å². The van der Waals surface area contributed by atoms with Crippen LogP contribution >= 0.6 is 0 Å². The number of aliphatic carboxylic acids is 1. The molecule has 2 aliphatic rings. The summed E-state index contributed by atoms with van der Waals surface area (Å²) in [5, 5.41) is 8.56. The molecule has 0 unspecified atom stereocenters. The molecule has 0 aromatic carbocycles. The summed E-state index contributed by atoms with van der Waals surface area (Å²) in [6.45, 7) is 0. The molecule has 0 heterocycles. The lowest BCUT2D eigenvalue weighted by molar-refractivity contribution is -0.162. The number of Topliss-reactive ketones (excluding diaryl/α,β-unsaturated/α-hetero) is 1. The molecule has 0 atom stereocenters. The lowest BCUT2D eigenvalue weighted by Gasteiger charge is -2.50. The zero-order valence-corrected chi connectivity index (χ0v) is 6.17. The highest BCUT2D eigenvalue weighted by molar-refractivity contribution is 5.93. The summed E-state index contributed by atoms with van der Waals surface area (Å²) < 4.78 is 0. The van der Waals surface area contributed by atoms with Gasteiger partial charge in [0.15, 0.2) is 0 Å². The van der Waals surface area contributed by atoms with Crippen molar-refractivity contribution in [2.24, 2.45) is 11.3 Å². The lowest BCUT2D eigenvalue weighted by Crippen LogP contribution is -2.52. The minimum Gasteiger partial charge on any atom is -0.481 e. The van der Waals surface area contributed by atoms with Crippen LogP contribution in [-0.4, -0.2) is 16.9 Å². The average molecular weight is 154 g/mol. The highest BCUT2D eigenvalue weighted by Crippen LogP contribution is 2.56. The van der Waals surface area contributed by atoms with Gasteiger partial charge in [0.05, 0.1) is 5.92 Å². The molecule has 1 spiro atoms. The average Bonchev–Trinajstić information content (AvgIpc) is 1.81. The van der Waals surface area contributed by atoms with Crippen molar-refractivity contribution in [3.05, 3.63) is 0 Å². The Morgan fingerprint density at radius 2 is 2.18 bits per heavy atom. The first-order valence-corrected chi connectivity index (χ1v) is 3.90. The zero-order valence-electron chi connectivity index (χ0n) is 6.17. The summed E-state index contributed by atoms with van der Waals surface area (Å²) in [5.74, 6) is -0.690. The molecule has 2 fully saturated rings. The van der Waals surface area contributed by atoms with Gasteiger partial charge in [-0.15, -0.1) is 0 Å². The standard InChI is InChI=1S/C8H10O3/c9-6-1-2-8(6)3-5(4-8)7(10)11/h5H,1-4H2,(H,10,11). The van der Waals surface area contributed by atoms with E-state index in [-0.39, 0.29) is 17.1 Å². The lowest BCUT2D eigenvalue weighted by atomic mass is 9.51. The van der Waals surface area contributed by atoms with E-state index >= 15 is 0 Å². The Balaban J connectivity index is 1.97. The fourth-order valence-corrected chi connectivity index (χ4v) is 2.07. The Hall–Kier alpha value is -0.860. The minimum atomic E-state index is -0.740. The summed E-state index contributed by atoms with van der Waals surface area (Å²) >= 11 is 0. The van der Waals surface area contributed by atoms with Gasteiger partial charge in [0, 0.05) is 11.8 Å². The van der Waals surface area contributed by atoms with Crippen LogP contribution in [0.1, 0.15) is 25.7 Å². The predicted molar refractivity (Wildman–Crippen MR) is 37.0 cm³/mol.